The quantitative estimate of drug-likeness (QED) is 0.141. The van der Waals surface area contributed by atoms with E-state index in [-0.39, 0.29) is 12.1 Å². The van der Waals surface area contributed by atoms with Crippen molar-refractivity contribution in [2.75, 3.05) is 19.7 Å². The average Bonchev–Trinajstić information content (AvgIpc) is 2.63. The van der Waals surface area contributed by atoms with Crippen molar-refractivity contribution in [3.63, 3.8) is 0 Å². The van der Waals surface area contributed by atoms with Gasteiger partial charge in [0.1, 0.15) is 0 Å². The number of alkyl halides is 1. The minimum absolute atomic E-state index is 0.178. The number of hydrogen-bond acceptors (Lipinski definition) is 2. The van der Waals surface area contributed by atoms with E-state index in [9.17, 15) is 4.79 Å². The van der Waals surface area contributed by atoms with Gasteiger partial charge in [-0.1, -0.05) is 103 Å². The highest BCUT2D eigenvalue weighted by molar-refractivity contribution is 6.18. The fourth-order valence-corrected chi connectivity index (χ4v) is 3.07. The van der Waals surface area contributed by atoms with Crippen LogP contribution in [0.15, 0.2) is 0 Å². The number of hydrogen-bond donors (Lipinski definition) is 0. The summed E-state index contributed by atoms with van der Waals surface area (Å²) in [6.45, 7) is 2.79. The fourth-order valence-electron chi connectivity index (χ4n) is 2.97. The lowest BCUT2D eigenvalue weighted by molar-refractivity contribution is 0.114. The van der Waals surface area contributed by atoms with Crippen molar-refractivity contribution >= 4 is 17.7 Å². The van der Waals surface area contributed by atoms with Crippen molar-refractivity contribution in [2.24, 2.45) is 0 Å². The van der Waals surface area contributed by atoms with E-state index in [0.29, 0.717) is 6.61 Å². The lowest BCUT2D eigenvalue weighted by atomic mass is 10.0. The molecular weight excluding hydrogens is 334 g/mol. The minimum atomic E-state index is -0.323. The molecule has 0 aromatic rings. The second-order valence-electron chi connectivity index (χ2n) is 7.24. The van der Waals surface area contributed by atoms with E-state index in [0.717, 1.165) is 12.8 Å². The third kappa shape index (κ3) is 18.2. The Kier molecular flexibility index (Phi) is 19.5. The number of carbonyl (C=O) groups excluding carboxylic acids is 1. The first-order valence-corrected chi connectivity index (χ1v) is 11.2. The highest BCUT2D eigenvalue weighted by atomic mass is 35.5. The molecule has 0 N–H and O–H groups in total. The van der Waals surface area contributed by atoms with Gasteiger partial charge in [0.05, 0.1) is 12.6 Å². The lowest BCUT2D eigenvalue weighted by Gasteiger charge is -2.13. The molecule has 0 atom stereocenters. The summed E-state index contributed by atoms with van der Waals surface area (Å²) in [5.41, 5.74) is 0. The first-order chi connectivity index (χ1) is 12.2. The number of ether oxygens (including phenoxy) is 1. The molecule has 0 heterocycles. The van der Waals surface area contributed by atoms with Crippen molar-refractivity contribution in [3.8, 4) is 0 Å². The SMILES string of the molecule is CCCCCCCCCCCCCCCCCCOC(=O)N(C)CCl. The normalized spacial score (nSPS) is 10.8. The van der Waals surface area contributed by atoms with Crippen LogP contribution in [0.4, 0.5) is 4.79 Å². The molecule has 25 heavy (non-hydrogen) atoms. The molecule has 3 nitrogen and oxygen atoms in total. The standard InChI is InChI=1S/C21H42ClNO2/c1-3-4-5-6-7-8-9-10-11-12-13-14-15-16-17-18-19-25-21(24)23(2)20-22/h3-20H2,1-2H3. The molecule has 0 aliphatic rings. The van der Waals surface area contributed by atoms with Gasteiger partial charge in [0.15, 0.2) is 0 Å². The molecule has 0 rings (SSSR count). The number of carbonyl (C=O) groups is 1. The van der Waals surface area contributed by atoms with Crippen LogP contribution in [-0.2, 0) is 4.74 Å². The van der Waals surface area contributed by atoms with E-state index < -0.39 is 0 Å². The van der Waals surface area contributed by atoms with Gasteiger partial charge < -0.3 is 4.74 Å². The number of halogens is 1. The maximum Gasteiger partial charge on any atom is 0.410 e. The summed E-state index contributed by atoms with van der Waals surface area (Å²) >= 11 is 5.55. The van der Waals surface area contributed by atoms with Crippen LogP contribution in [0.25, 0.3) is 0 Å². The molecule has 0 saturated carbocycles. The van der Waals surface area contributed by atoms with Gasteiger partial charge in [-0.15, -0.1) is 11.6 Å². The van der Waals surface area contributed by atoms with Crippen molar-refractivity contribution < 1.29 is 9.53 Å². The number of unbranched alkanes of at least 4 members (excludes halogenated alkanes) is 15. The van der Waals surface area contributed by atoms with Crippen molar-refractivity contribution in [1.29, 1.82) is 0 Å². The molecule has 0 radical (unpaired) electrons. The summed E-state index contributed by atoms with van der Waals surface area (Å²) in [4.78, 5) is 12.7. The molecule has 1 amide bonds. The summed E-state index contributed by atoms with van der Waals surface area (Å²) in [5, 5.41) is 0. The van der Waals surface area contributed by atoms with Crippen LogP contribution >= 0.6 is 11.6 Å². The molecule has 0 spiro atoms. The zero-order valence-corrected chi connectivity index (χ0v) is 17.6. The molecule has 0 saturated heterocycles. The molecule has 0 aliphatic heterocycles. The van der Waals surface area contributed by atoms with E-state index >= 15 is 0 Å². The van der Waals surface area contributed by atoms with Crippen molar-refractivity contribution in [2.45, 2.75) is 110 Å². The molecule has 0 unspecified atom stereocenters. The Balaban J connectivity index is 3.08. The Morgan fingerprint density at radius 2 is 1.08 bits per heavy atom. The summed E-state index contributed by atoms with van der Waals surface area (Å²) in [6.07, 6.45) is 21.3. The van der Waals surface area contributed by atoms with Crippen LogP contribution < -0.4 is 0 Å². The molecule has 0 aliphatic carbocycles. The Labute approximate surface area is 161 Å². The monoisotopic (exact) mass is 375 g/mol. The van der Waals surface area contributed by atoms with Gasteiger partial charge in [-0.3, -0.25) is 4.90 Å². The van der Waals surface area contributed by atoms with Crippen LogP contribution in [0.5, 0.6) is 0 Å². The van der Waals surface area contributed by atoms with E-state index in [2.05, 4.69) is 6.92 Å². The van der Waals surface area contributed by atoms with Gasteiger partial charge in [-0.25, -0.2) is 4.79 Å². The summed E-state index contributed by atoms with van der Waals surface area (Å²) in [6, 6.07) is 0.178. The van der Waals surface area contributed by atoms with Gasteiger partial charge in [-0.05, 0) is 6.42 Å². The molecule has 0 bridgehead atoms. The smallest absolute Gasteiger partial charge is 0.410 e. The Bertz CT molecular complexity index is 287. The van der Waals surface area contributed by atoms with E-state index in [4.69, 9.17) is 16.3 Å². The highest BCUT2D eigenvalue weighted by Gasteiger charge is 2.06. The molecule has 0 fully saturated rings. The maximum atomic E-state index is 11.4. The summed E-state index contributed by atoms with van der Waals surface area (Å²) in [5.74, 6) is 0. The Morgan fingerprint density at radius 1 is 0.720 bits per heavy atom. The van der Waals surface area contributed by atoms with Crippen LogP contribution in [0.3, 0.4) is 0 Å². The maximum absolute atomic E-state index is 11.4. The summed E-state index contributed by atoms with van der Waals surface area (Å²) < 4.78 is 5.12. The largest absolute Gasteiger partial charge is 0.449 e. The van der Waals surface area contributed by atoms with E-state index in [1.807, 2.05) is 0 Å². The van der Waals surface area contributed by atoms with Crippen LogP contribution in [0.2, 0.25) is 0 Å². The zero-order valence-electron chi connectivity index (χ0n) is 16.9. The molecule has 0 aromatic carbocycles. The fraction of sp³-hybridized carbons (Fsp3) is 0.952. The average molecular weight is 376 g/mol. The minimum Gasteiger partial charge on any atom is -0.449 e. The van der Waals surface area contributed by atoms with Gasteiger partial charge in [0, 0.05) is 7.05 Å². The Hall–Kier alpha value is -0.440. The first-order valence-electron chi connectivity index (χ1n) is 10.7. The third-order valence-corrected chi connectivity index (χ3v) is 5.07. The van der Waals surface area contributed by atoms with Crippen LogP contribution in [0, 0.1) is 0 Å². The molecular formula is C21H42ClNO2. The van der Waals surface area contributed by atoms with Gasteiger partial charge in [0.25, 0.3) is 0 Å². The molecule has 0 aromatic heterocycles. The highest BCUT2D eigenvalue weighted by Crippen LogP contribution is 2.13. The number of rotatable bonds is 18. The first kappa shape index (κ1) is 24.6. The Morgan fingerprint density at radius 3 is 1.44 bits per heavy atom. The number of amides is 1. The lowest BCUT2D eigenvalue weighted by Crippen LogP contribution is -2.26. The predicted octanol–water partition coefficient (Wildman–Crippen LogP) is 7.51. The van der Waals surface area contributed by atoms with Crippen LogP contribution in [-0.4, -0.2) is 30.7 Å². The third-order valence-electron chi connectivity index (χ3n) is 4.71. The number of nitrogens with zero attached hydrogens (tertiary/aromatic N) is 1. The van der Waals surface area contributed by atoms with Gasteiger partial charge >= 0.3 is 6.09 Å². The second kappa shape index (κ2) is 19.9. The van der Waals surface area contributed by atoms with Gasteiger partial charge in [0.2, 0.25) is 0 Å². The second-order valence-corrected chi connectivity index (χ2v) is 7.47. The van der Waals surface area contributed by atoms with Gasteiger partial charge in [-0.2, -0.15) is 0 Å². The van der Waals surface area contributed by atoms with E-state index in [1.165, 1.54) is 94.8 Å². The summed E-state index contributed by atoms with van der Waals surface area (Å²) in [7, 11) is 1.64. The molecule has 150 valence electrons. The molecule has 4 heteroatoms. The van der Waals surface area contributed by atoms with Crippen molar-refractivity contribution in [3.05, 3.63) is 0 Å². The topological polar surface area (TPSA) is 29.5 Å². The van der Waals surface area contributed by atoms with Crippen LogP contribution in [0.1, 0.15) is 110 Å². The van der Waals surface area contributed by atoms with E-state index in [1.54, 1.807) is 7.05 Å². The predicted molar refractivity (Wildman–Crippen MR) is 109 cm³/mol. The van der Waals surface area contributed by atoms with Crippen molar-refractivity contribution in [1.82, 2.24) is 4.90 Å². The zero-order chi connectivity index (χ0) is 18.6.